The average molecular weight is 211 g/mol. The first-order valence-corrected chi connectivity index (χ1v) is 5.11. The normalized spacial score (nSPS) is 10.9. The van der Waals surface area contributed by atoms with E-state index in [1.807, 2.05) is 25.2 Å². The predicted molar refractivity (Wildman–Crippen MR) is 64.7 cm³/mol. The Labute approximate surface area is 92.0 Å². The molecule has 0 atom stereocenters. The molecule has 3 N–H and O–H groups in total. The number of carboxylic acid groups (broad SMARTS) is 1. The summed E-state index contributed by atoms with van der Waals surface area (Å²) in [6.45, 7) is 4.76. The van der Waals surface area contributed by atoms with Crippen LogP contribution in [0.1, 0.15) is 26.7 Å². The molecule has 0 radical (unpaired) electrons. The van der Waals surface area contributed by atoms with E-state index in [1.54, 1.807) is 6.08 Å². The van der Waals surface area contributed by atoms with Crippen molar-refractivity contribution < 1.29 is 9.90 Å². The minimum Gasteiger partial charge on any atom is -0.478 e. The maximum absolute atomic E-state index is 10.00. The van der Waals surface area contributed by atoms with Crippen molar-refractivity contribution in [1.82, 2.24) is 0 Å². The summed E-state index contributed by atoms with van der Waals surface area (Å²) in [7, 11) is 0. The molecule has 0 aromatic rings. The van der Waals surface area contributed by atoms with Gasteiger partial charge in [-0.1, -0.05) is 50.6 Å². The number of hydrogen-bond donors (Lipinski definition) is 2. The number of carboxylic acids is 1. The third-order valence-corrected chi connectivity index (χ3v) is 1.16. The molecule has 0 saturated heterocycles. The number of aliphatic carboxylic acids is 1. The molecule has 0 aromatic carbocycles. The van der Waals surface area contributed by atoms with Gasteiger partial charge in [0.2, 0.25) is 0 Å². The molecule has 86 valence electrons. The van der Waals surface area contributed by atoms with Gasteiger partial charge in [-0.15, -0.1) is 0 Å². The fourth-order valence-electron chi connectivity index (χ4n) is 0.608. The van der Waals surface area contributed by atoms with E-state index in [-0.39, 0.29) is 0 Å². The highest BCUT2D eigenvalue weighted by atomic mass is 16.4. The van der Waals surface area contributed by atoms with Gasteiger partial charge in [0.15, 0.2) is 0 Å². The summed E-state index contributed by atoms with van der Waals surface area (Å²) in [5.41, 5.74) is 4.85. The van der Waals surface area contributed by atoms with Crippen LogP contribution in [0.25, 0.3) is 0 Å². The van der Waals surface area contributed by atoms with Crippen molar-refractivity contribution >= 4 is 5.97 Å². The van der Waals surface area contributed by atoms with Crippen LogP contribution in [0.5, 0.6) is 0 Å². The number of nitrogens with two attached hydrogens (primary N) is 1. The van der Waals surface area contributed by atoms with Crippen LogP contribution in [0.3, 0.4) is 0 Å². The average Bonchev–Trinajstić information content (AvgIpc) is 2.17. The molecule has 0 amide bonds. The summed E-state index contributed by atoms with van der Waals surface area (Å²) in [5, 5.41) is 8.22. The van der Waals surface area contributed by atoms with E-state index in [1.165, 1.54) is 6.08 Å². The number of allylic oxidation sites excluding steroid dienone is 5. The molecular weight excluding hydrogens is 190 g/mol. The third kappa shape index (κ3) is 24.5. The van der Waals surface area contributed by atoms with Crippen LogP contribution in [0, 0.1) is 0 Å². The molecule has 0 fully saturated rings. The molecule has 3 heteroatoms. The number of carbonyl (C=O) groups is 1. The van der Waals surface area contributed by atoms with Crippen molar-refractivity contribution in [3.05, 3.63) is 36.5 Å². The maximum Gasteiger partial charge on any atom is 0.328 e. The molecule has 0 aromatic heterocycles. The van der Waals surface area contributed by atoms with E-state index in [9.17, 15) is 4.79 Å². The molecule has 0 aliphatic carbocycles. The highest BCUT2D eigenvalue weighted by Crippen LogP contribution is 1.88. The minimum absolute atomic E-state index is 0.750. The Morgan fingerprint density at radius 1 is 1.20 bits per heavy atom. The van der Waals surface area contributed by atoms with E-state index in [2.05, 4.69) is 6.92 Å². The molecule has 0 unspecified atom stereocenters. The zero-order valence-electron chi connectivity index (χ0n) is 9.52. The van der Waals surface area contributed by atoms with Gasteiger partial charge < -0.3 is 10.8 Å². The summed E-state index contributed by atoms with van der Waals surface area (Å²) < 4.78 is 0. The Bertz CT molecular complexity index is 218. The quantitative estimate of drug-likeness (QED) is 0.542. The van der Waals surface area contributed by atoms with Crippen LogP contribution in [-0.4, -0.2) is 17.6 Å². The fourth-order valence-corrected chi connectivity index (χ4v) is 0.608. The van der Waals surface area contributed by atoms with Gasteiger partial charge in [0, 0.05) is 6.08 Å². The second kappa shape index (κ2) is 15.1. The Balaban J connectivity index is 0. The van der Waals surface area contributed by atoms with Crippen molar-refractivity contribution in [3.63, 3.8) is 0 Å². The van der Waals surface area contributed by atoms with Crippen molar-refractivity contribution in [2.75, 3.05) is 6.54 Å². The van der Waals surface area contributed by atoms with Crippen molar-refractivity contribution in [3.8, 4) is 0 Å². The first-order valence-electron chi connectivity index (χ1n) is 5.11. The second-order valence-electron chi connectivity index (χ2n) is 2.71. The molecular formula is C12H21NO2. The molecule has 0 rings (SSSR count). The van der Waals surface area contributed by atoms with E-state index < -0.39 is 5.97 Å². The van der Waals surface area contributed by atoms with Crippen LogP contribution in [0.2, 0.25) is 0 Å². The molecule has 0 spiro atoms. The van der Waals surface area contributed by atoms with Crippen LogP contribution >= 0.6 is 0 Å². The Hall–Kier alpha value is -1.35. The zero-order valence-corrected chi connectivity index (χ0v) is 9.52. The summed E-state index contributed by atoms with van der Waals surface area (Å²) >= 11 is 0. The van der Waals surface area contributed by atoms with E-state index in [4.69, 9.17) is 10.8 Å². The molecule has 0 aliphatic rings. The zero-order chi connectivity index (χ0) is 11.9. The molecule has 0 bridgehead atoms. The topological polar surface area (TPSA) is 63.3 Å². The lowest BCUT2D eigenvalue weighted by Crippen LogP contribution is -1.87. The Morgan fingerprint density at radius 3 is 2.20 bits per heavy atom. The van der Waals surface area contributed by atoms with Gasteiger partial charge in [0.05, 0.1) is 0 Å². The van der Waals surface area contributed by atoms with E-state index in [0.717, 1.165) is 25.5 Å². The van der Waals surface area contributed by atoms with E-state index >= 15 is 0 Å². The van der Waals surface area contributed by atoms with Crippen molar-refractivity contribution in [1.29, 1.82) is 0 Å². The molecule has 0 saturated carbocycles. The molecule has 3 nitrogen and oxygen atoms in total. The Kier molecular flexibility index (Phi) is 16.2. The predicted octanol–water partition coefficient (Wildman–Crippen LogP) is 2.50. The summed E-state index contributed by atoms with van der Waals surface area (Å²) in [5.74, 6) is -0.919. The fraction of sp³-hybridized carbons (Fsp3) is 0.417. The first kappa shape index (κ1) is 16.1. The van der Waals surface area contributed by atoms with Crippen LogP contribution in [0.4, 0.5) is 0 Å². The highest BCUT2D eigenvalue weighted by Gasteiger charge is 1.79. The van der Waals surface area contributed by atoms with Gasteiger partial charge in [0.25, 0.3) is 0 Å². The van der Waals surface area contributed by atoms with Crippen LogP contribution < -0.4 is 5.73 Å². The van der Waals surface area contributed by atoms with Gasteiger partial charge in [-0.25, -0.2) is 4.79 Å². The summed E-state index contributed by atoms with van der Waals surface area (Å²) in [6.07, 6.45) is 12.3. The SMILES string of the molecule is CCCC=CC=C/C=C\C(=O)O.CCN. The first-order chi connectivity index (χ1) is 7.18. The lowest BCUT2D eigenvalue weighted by atomic mass is 10.3. The third-order valence-electron chi connectivity index (χ3n) is 1.16. The second-order valence-corrected chi connectivity index (χ2v) is 2.71. The summed E-state index contributed by atoms with van der Waals surface area (Å²) in [6, 6.07) is 0. The lowest BCUT2D eigenvalue weighted by molar-refractivity contribution is -0.131. The molecule has 0 heterocycles. The van der Waals surface area contributed by atoms with Crippen molar-refractivity contribution in [2.24, 2.45) is 5.73 Å². The summed E-state index contributed by atoms with van der Waals surface area (Å²) in [4.78, 5) is 10.00. The minimum atomic E-state index is -0.919. The number of unbranched alkanes of at least 4 members (excludes halogenated alkanes) is 1. The number of rotatable bonds is 5. The van der Waals surface area contributed by atoms with Gasteiger partial charge >= 0.3 is 5.97 Å². The highest BCUT2D eigenvalue weighted by molar-refractivity contribution is 5.80. The lowest BCUT2D eigenvalue weighted by Gasteiger charge is -1.79. The number of hydrogen-bond acceptors (Lipinski definition) is 2. The van der Waals surface area contributed by atoms with Gasteiger partial charge in [-0.05, 0) is 13.0 Å². The molecule has 0 aliphatic heterocycles. The standard InChI is InChI=1S/C10H14O2.C2H7N/c1-2-3-4-5-6-7-8-9-10(11)12;1-2-3/h4-9H,2-3H2,1H3,(H,11,12);2-3H2,1H3/b5-4?,7-6?,9-8-;. The Morgan fingerprint density at radius 2 is 1.73 bits per heavy atom. The van der Waals surface area contributed by atoms with E-state index in [0.29, 0.717) is 0 Å². The maximum atomic E-state index is 10.00. The molecule has 15 heavy (non-hydrogen) atoms. The monoisotopic (exact) mass is 211 g/mol. The van der Waals surface area contributed by atoms with Crippen LogP contribution in [-0.2, 0) is 4.79 Å². The van der Waals surface area contributed by atoms with Gasteiger partial charge in [-0.3, -0.25) is 0 Å². The van der Waals surface area contributed by atoms with Crippen LogP contribution in [0.15, 0.2) is 36.5 Å². The largest absolute Gasteiger partial charge is 0.478 e. The van der Waals surface area contributed by atoms with Gasteiger partial charge in [-0.2, -0.15) is 0 Å². The smallest absolute Gasteiger partial charge is 0.328 e. The van der Waals surface area contributed by atoms with Crippen molar-refractivity contribution in [2.45, 2.75) is 26.7 Å². The van der Waals surface area contributed by atoms with Gasteiger partial charge in [0.1, 0.15) is 0 Å².